The Morgan fingerprint density at radius 3 is 2.69 bits per heavy atom. The first-order valence-electron chi connectivity index (χ1n) is 5.12. The lowest BCUT2D eigenvalue weighted by molar-refractivity contribution is -0.108. The Hall–Kier alpha value is -1.61. The van der Waals surface area contributed by atoms with E-state index >= 15 is 0 Å². The molecule has 0 saturated carbocycles. The minimum Gasteiger partial charge on any atom is -0.398 e. The molecule has 0 radical (unpaired) electrons. The third-order valence-corrected chi connectivity index (χ3v) is 3.83. The Morgan fingerprint density at radius 1 is 1.25 bits per heavy atom. The summed E-state index contributed by atoms with van der Waals surface area (Å²) >= 11 is 1.62. The summed E-state index contributed by atoms with van der Waals surface area (Å²) < 4.78 is 0. The first kappa shape index (κ1) is 10.9. The molecule has 1 atom stereocenters. The summed E-state index contributed by atoms with van der Waals surface area (Å²) in [5.41, 5.74) is 7.72. The van der Waals surface area contributed by atoms with E-state index in [1.165, 1.54) is 0 Å². The van der Waals surface area contributed by atoms with Gasteiger partial charge in [-0.1, -0.05) is 25.1 Å². The molecule has 0 bridgehead atoms. The summed E-state index contributed by atoms with van der Waals surface area (Å²) in [5.74, 6) is -0.0383. The Labute approximate surface area is 98.7 Å². The van der Waals surface area contributed by atoms with Crippen LogP contribution in [0.15, 0.2) is 36.4 Å². The molecular weight excluding hydrogens is 218 g/mol. The second-order valence-electron chi connectivity index (χ2n) is 3.71. The van der Waals surface area contributed by atoms with E-state index in [1.54, 1.807) is 11.3 Å². The van der Waals surface area contributed by atoms with Crippen molar-refractivity contribution in [2.45, 2.75) is 12.8 Å². The molecule has 0 aliphatic rings. The fourth-order valence-electron chi connectivity index (χ4n) is 1.53. The molecule has 0 amide bonds. The van der Waals surface area contributed by atoms with E-state index in [9.17, 15) is 4.79 Å². The molecule has 2 nitrogen and oxygen atoms in total. The van der Waals surface area contributed by atoms with Crippen LogP contribution in [-0.4, -0.2) is 6.29 Å². The van der Waals surface area contributed by atoms with E-state index in [0.29, 0.717) is 0 Å². The van der Waals surface area contributed by atoms with Crippen molar-refractivity contribution >= 4 is 23.3 Å². The molecule has 16 heavy (non-hydrogen) atoms. The average Bonchev–Trinajstić information content (AvgIpc) is 2.78. The van der Waals surface area contributed by atoms with Gasteiger partial charge in [0.05, 0.1) is 0 Å². The molecule has 1 aromatic carbocycles. The van der Waals surface area contributed by atoms with Crippen LogP contribution in [0.5, 0.6) is 0 Å². The minimum atomic E-state index is -0.0383. The zero-order valence-corrected chi connectivity index (χ0v) is 9.83. The van der Waals surface area contributed by atoms with E-state index in [-0.39, 0.29) is 5.92 Å². The second-order valence-corrected chi connectivity index (χ2v) is 4.83. The summed E-state index contributed by atoms with van der Waals surface area (Å²) in [5, 5.41) is 0. The number of para-hydroxylation sites is 1. The van der Waals surface area contributed by atoms with E-state index in [4.69, 9.17) is 5.73 Å². The number of thiophene rings is 1. The van der Waals surface area contributed by atoms with Crippen molar-refractivity contribution in [1.82, 2.24) is 0 Å². The van der Waals surface area contributed by atoms with Gasteiger partial charge in [0, 0.05) is 26.9 Å². The number of nitrogens with two attached hydrogens (primary N) is 1. The van der Waals surface area contributed by atoms with Crippen LogP contribution in [0.4, 0.5) is 5.69 Å². The highest BCUT2D eigenvalue weighted by molar-refractivity contribution is 7.15. The average molecular weight is 231 g/mol. The van der Waals surface area contributed by atoms with Gasteiger partial charge in [-0.3, -0.25) is 0 Å². The van der Waals surface area contributed by atoms with Crippen LogP contribution in [-0.2, 0) is 4.79 Å². The van der Waals surface area contributed by atoms with Gasteiger partial charge in [0.1, 0.15) is 6.29 Å². The van der Waals surface area contributed by atoms with Crippen LogP contribution in [0, 0.1) is 0 Å². The van der Waals surface area contributed by atoms with Gasteiger partial charge in [-0.25, -0.2) is 0 Å². The Bertz CT molecular complexity index is 504. The highest BCUT2D eigenvalue weighted by Crippen LogP contribution is 2.34. The Kier molecular flexibility index (Phi) is 3.06. The highest BCUT2D eigenvalue weighted by Gasteiger charge is 2.09. The summed E-state index contributed by atoms with van der Waals surface area (Å²) in [6.45, 7) is 1.90. The first-order valence-corrected chi connectivity index (χ1v) is 5.94. The molecule has 0 saturated heterocycles. The largest absolute Gasteiger partial charge is 0.398 e. The van der Waals surface area contributed by atoms with E-state index in [0.717, 1.165) is 27.3 Å². The predicted molar refractivity (Wildman–Crippen MR) is 68.6 cm³/mol. The number of hydrogen-bond donors (Lipinski definition) is 1. The number of nitrogen functional groups attached to an aromatic ring is 1. The fraction of sp³-hybridized carbons (Fsp3) is 0.154. The number of anilines is 1. The van der Waals surface area contributed by atoms with Crippen LogP contribution < -0.4 is 5.73 Å². The molecule has 1 heterocycles. The Morgan fingerprint density at radius 2 is 2.00 bits per heavy atom. The lowest BCUT2D eigenvalue weighted by Gasteiger charge is -2.02. The van der Waals surface area contributed by atoms with E-state index in [1.807, 2.05) is 43.3 Å². The van der Waals surface area contributed by atoms with Gasteiger partial charge in [-0.15, -0.1) is 11.3 Å². The molecule has 2 rings (SSSR count). The SMILES string of the molecule is CC(C=O)c1ccc(-c2ccccc2N)s1. The number of hydrogen-bond acceptors (Lipinski definition) is 3. The number of carbonyl (C=O) groups excluding carboxylic acids is 1. The van der Waals surface area contributed by atoms with Crippen LogP contribution in [0.25, 0.3) is 10.4 Å². The maximum Gasteiger partial charge on any atom is 0.127 e. The van der Waals surface area contributed by atoms with Crippen LogP contribution in [0.1, 0.15) is 17.7 Å². The monoisotopic (exact) mass is 231 g/mol. The summed E-state index contributed by atoms with van der Waals surface area (Å²) in [6.07, 6.45) is 0.962. The third-order valence-electron chi connectivity index (χ3n) is 2.51. The topological polar surface area (TPSA) is 43.1 Å². The quantitative estimate of drug-likeness (QED) is 0.650. The zero-order chi connectivity index (χ0) is 11.5. The minimum absolute atomic E-state index is 0.0383. The molecule has 0 aliphatic heterocycles. The van der Waals surface area contributed by atoms with Crippen LogP contribution in [0.2, 0.25) is 0 Å². The summed E-state index contributed by atoms with van der Waals surface area (Å²) in [6, 6.07) is 11.8. The smallest absolute Gasteiger partial charge is 0.127 e. The summed E-state index contributed by atoms with van der Waals surface area (Å²) in [4.78, 5) is 12.9. The van der Waals surface area contributed by atoms with E-state index < -0.39 is 0 Å². The first-order chi connectivity index (χ1) is 7.72. The van der Waals surface area contributed by atoms with Crippen molar-refractivity contribution in [3.05, 3.63) is 41.3 Å². The fourth-order valence-corrected chi connectivity index (χ4v) is 2.59. The van der Waals surface area contributed by atoms with Gasteiger partial charge in [0.25, 0.3) is 0 Å². The van der Waals surface area contributed by atoms with Crippen molar-refractivity contribution in [1.29, 1.82) is 0 Å². The van der Waals surface area contributed by atoms with Gasteiger partial charge in [0.15, 0.2) is 0 Å². The maximum absolute atomic E-state index is 10.7. The molecule has 0 fully saturated rings. The molecule has 2 N–H and O–H groups in total. The van der Waals surface area contributed by atoms with Gasteiger partial charge in [0.2, 0.25) is 0 Å². The molecule has 3 heteroatoms. The van der Waals surface area contributed by atoms with Crippen LogP contribution in [0.3, 0.4) is 0 Å². The van der Waals surface area contributed by atoms with Crippen molar-refractivity contribution in [2.24, 2.45) is 0 Å². The van der Waals surface area contributed by atoms with Crippen molar-refractivity contribution in [3.63, 3.8) is 0 Å². The lowest BCUT2D eigenvalue weighted by Crippen LogP contribution is -1.89. The van der Waals surface area contributed by atoms with Gasteiger partial charge < -0.3 is 10.5 Å². The standard InChI is InChI=1S/C13H13NOS/c1-9(8-15)12-6-7-13(16-12)10-4-2-3-5-11(10)14/h2-9H,14H2,1H3. The van der Waals surface area contributed by atoms with Gasteiger partial charge >= 0.3 is 0 Å². The third kappa shape index (κ3) is 1.99. The molecule has 0 spiro atoms. The predicted octanol–water partition coefficient (Wildman–Crippen LogP) is 3.30. The normalized spacial score (nSPS) is 12.3. The number of benzene rings is 1. The number of carbonyl (C=O) groups is 1. The molecule has 0 aliphatic carbocycles. The zero-order valence-electron chi connectivity index (χ0n) is 9.01. The van der Waals surface area contributed by atoms with Gasteiger partial charge in [-0.05, 0) is 18.2 Å². The molecule has 1 aromatic heterocycles. The molecule has 82 valence electrons. The van der Waals surface area contributed by atoms with Crippen molar-refractivity contribution in [3.8, 4) is 10.4 Å². The number of rotatable bonds is 3. The molecular formula is C13H13NOS. The van der Waals surface area contributed by atoms with Crippen molar-refractivity contribution in [2.75, 3.05) is 5.73 Å². The van der Waals surface area contributed by atoms with Gasteiger partial charge in [-0.2, -0.15) is 0 Å². The lowest BCUT2D eigenvalue weighted by atomic mass is 10.1. The summed E-state index contributed by atoms with van der Waals surface area (Å²) in [7, 11) is 0. The Balaban J connectivity index is 2.39. The van der Waals surface area contributed by atoms with Crippen LogP contribution >= 0.6 is 11.3 Å². The molecule has 1 unspecified atom stereocenters. The maximum atomic E-state index is 10.7. The molecule has 2 aromatic rings. The second kappa shape index (κ2) is 4.49. The highest BCUT2D eigenvalue weighted by atomic mass is 32.1. The van der Waals surface area contributed by atoms with Crippen molar-refractivity contribution < 1.29 is 4.79 Å². The number of aldehydes is 1. The van der Waals surface area contributed by atoms with E-state index in [2.05, 4.69) is 0 Å².